The van der Waals surface area contributed by atoms with Crippen molar-refractivity contribution in [2.75, 3.05) is 0 Å². The molecule has 4 atom stereocenters. The normalized spacial score (nSPS) is 33.8. The van der Waals surface area contributed by atoms with Crippen molar-refractivity contribution in [1.29, 1.82) is 0 Å². The van der Waals surface area contributed by atoms with Gasteiger partial charge < -0.3 is 0 Å². The number of hydrogen-bond acceptors (Lipinski definition) is 4. The molecule has 0 heterocycles. The van der Waals surface area contributed by atoms with Crippen molar-refractivity contribution in [2.24, 2.45) is 21.8 Å². The number of carbonyl (C=O) groups excluding carboxylic acids is 2. The van der Waals surface area contributed by atoms with Gasteiger partial charge in [0.05, 0.1) is 12.1 Å². The van der Waals surface area contributed by atoms with E-state index in [0.29, 0.717) is 11.8 Å². The first-order valence-electron chi connectivity index (χ1n) is 7.95. The van der Waals surface area contributed by atoms with E-state index in [4.69, 9.17) is 0 Å². The van der Waals surface area contributed by atoms with Crippen LogP contribution in [0.1, 0.15) is 64.2 Å². The molecule has 0 aromatic carbocycles. The minimum absolute atomic E-state index is 0.213. The molecule has 0 aliphatic heterocycles. The molecule has 0 radical (unpaired) electrons. The lowest BCUT2D eigenvalue weighted by atomic mass is 9.78. The van der Waals surface area contributed by atoms with Crippen LogP contribution >= 0.6 is 0 Å². The monoisotopic (exact) mass is 276 g/mol. The Morgan fingerprint density at radius 2 is 1.20 bits per heavy atom. The number of isocyanates is 2. The second-order valence-corrected chi connectivity index (χ2v) is 6.39. The minimum atomic E-state index is 0.213. The summed E-state index contributed by atoms with van der Waals surface area (Å²) < 4.78 is 0. The van der Waals surface area contributed by atoms with Gasteiger partial charge in [-0.1, -0.05) is 38.5 Å². The van der Waals surface area contributed by atoms with Crippen LogP contribution in [-0.2, 0) is 9.59 Å². The van der Waals surface area contributed by atoms with E-state index < -0.39 is 0 Å². The predicted molar refractivity (Wildman–Crippen MR) is 77.0 cm³/mol. The second kappa shape index (κ2) is 8.14. The van der Waals surface area contributed by atoms with E-state index in [1.807, 2.05) is 0 Å². The van der Waals surface area contributed by atoms with Crippen LogP contribution < -0.4 is 0 Å². The van der Waals surface area contributed by atoms with Gasteiger partial charge in [-0.3, -0.25) is 0 Å². The van der Waals surface area contributed by atoms with Crippen LogP contribution in [0.15, 0.2) is 9.98 Å². The Labute approximate surface area is 120 Å². The van der Waals surface area contributed by atoms with E-state index in [1.54, 1.807) is 12.2 Å². The summed E-state index contributed by atoms with van der Waals surface area (Å²) in [6.45, 7) is 0. The molecule has 4 heteroatoms. The molecular formula is C16H24N2O2. The van der Waals surface area contributed by atoms with Gasteiger partial charge in [0.1, 0.15) is 0 Å². The highest BCUT2D eigenvalue weighted by Crippen LogP contribution is 2.34. The second-order valence-electron chi connectivity index (χ2n) is 6.39. The molecule has 2 rings (SSSR count). The third kappa shape index (κ3) is 4.70. The molecule has 110 valence electrons. The smallest absolute Gasteiger partial charge is 0.211 e. The molecule has 0 spiro atoms. The van der Waals surface area contributed by atoms with Gasteiger partial charge >= 0.3 is 0 Å². The summed E-state index contributed by atoms with van der Waals surface area (Å²) in [5, 5.41) is 0. The number of rotatable bonds is 5. The van der Waals surface area contributed by atoms with Gasteiger partial charge in [0.15, 0.2) is 0 Å². The zero-order chi connectivity index (χ0) is 14.2. The van der Waals surface area contributed by atoms with Gasteiger partial charge in [0.25, 0.3) is 0 Å². The van der Waals surface area contributed by atoms with Crippen molar-refractivity contribution < 1.29 is 9.59 Å². The molecule has 4 unspecified atom stereocenters. The maximum Gasteiger partial charge on any atom is 0.235 e. The average molecular weight is 276 g/mol. The summed E-state index contributed by atoms with van der Waals surface area (Å²) in [7, 11) is 0. The standard InChI is InChI=1S/C16H24N2O2/c19-11-17-15-5-1-3-13(9-15)7-8-14-4-2-6-16(10-14)18-12-20/h13-16H,1-10H2. The van der Waals surface area contributed by atoms with Gasteiger partial charge in [-0.15, -0.1) is 0 Å². The Balaban J connectivity index is 1.74. The van der Waals surface area contributed by atoms with Crippen LogP contribution in [0.3, 0.4) is 0 Å². The predicted octanol–water partition coefficient (Wildman–Crippen LogP) is 3.56. The van der Waals surface area contributed by atoms with Crippen LogP contribution in [0.2, 0.25) is 0 Å². The molecule has 2 aliphatic carbocycles. The van der Waals surface area contributed by atoms with Crippen molar-refractivity contribution in [3.8, 4) is 0 Å². The van der Waals surface area contributed by atoms with Crippen LogP contribution in [0.4, 0.5) is 0 Å². The summed E-state index contributed by atoms with van der Waals surface area (Å²) in [6.07, 6.45) is 15.0. The van der Waals surface area contributed by atoms with Gasteiger partial charge in [0.2, 0.25) is 12.2 Å². The molecule has 0 aromatic heterocycles. The van der Waals surface area contributed by atoms with Gasteiger partial charge in [-0.25, -0.2) is 19.6 Å². The zero-order valence-corrected chi connectivity index (χ0v) is 12.1. The molecular weight excluding hydrogens is 252 g/mol. The zero-order valence-electron chi connectivity index (χ0n) is 12.1. The summed E-state index contributed by atoms with van der Waals surface area (Å²) in [6, 6.07) is 0.426. The first-order chi connectivity index (χ1) is 9.81. The topological polar surface area (TPSA) is 58.9 Å². The van der Waals surface area contributed by atoms with Gasteiger partial charge in [-0.2, -0.15) is 0 Å². The quantitative estimate of drug-likeness (QED) is 0.569. The number of aliphatic imine (C=N–C) groups is 2. The summed E-state index contributed by atoms with van der Waals surface area (Å²) in [5.74, 6) is 1.42. The first-order valence-corrected chi connectivity index (χ1v) is 7.95. The lowest BCUT2D eigenvalue weighted by Gasteiger charge is -2.30. The van der Waals surface area contributed by atoms with Crippen molar-refractivity contribution in [3.05, 3.63) is 0 Å². The van der Waals surface area contributed by atoms with Crippen LogP contribution in [0, 0.1) is 11.8 Å². The number of hydrogen-bond donors (Lipinski definition) is 0. The van der Waals surface area contributed by atoms with E-state index in [0.717, 1.165) is 25.7 Å². The molecule has 0 aromatic rings. The van der Waals surface area contributed by atoms with E-state index in [2.05, 4.69) is 9.98 Å². The SMILES string of the molecule is O=C=NC1CCCC(CCC2CCCC(N=C=O)C2)C1. The Kier molecular flexibility index (Phi) is 6.17. The Morgan fingerprint density at radius 1 is 0.750 bits per heavy atom. The van der Waals surface area contributed by atoms with Crippen LogP contribution in [-0.4, -0.2) is 24.2 Å². The molecule has 2 fully saturated rings. The molecule has 2 aliphatic rings. The van der Waals surface area contributed by atoms with E-state index in [-0.39, 0.29) is 12.1 Å². The summed E-state index contributed by atoms with van der Waals surface area (Å²) >= 11 is 0. The van der Waals surface area contributed by atoms with Crippen molar-refractivity contribution in [3.63, 3.8) is 0 Å². The fourth-order valence-corrected chi connectivity index (χ4v) is 3.90. The highest BCUT2D eigenvalue weighted by molar-refractivity contribution is 5.33. The molecule has 0 N–H and O–H groups in total. The third-order valence-corrected chi connectivity index (χ3v) is 4.96. The van der Waals surface area contributed by atoms with Gasteiger partial charge in [-0.05, 0) is 37.5 Å². The maximum atomic E-state index is 10.3. The average Bonchev–Trinajstić information content (AvgIpc) is 2.47. The van der Waals surface area contributed by atoms with Crippen LogP contribution in [0.5, 0.6) is 0 Å². The lowest BCUT2D eigenvalue weighted by molar-refractivity contribution is 0.249. The minimum Gasteiger partial charge on any atom is -0.211 e. The Morgan fingerprint density at radius 3 is 1.60 bits per heavy atom. The highest BCUT2D eigenvalue weighted by atomic mass is 16.1. The molecule has 4 nitrogen and oxygen atoms in total. The summed E-state index contributed by atoms with van der Waals surface area (Å²) in [5.41, 5.74) is 0. The molecule has 20 heavy (non-hydrogen) atoms. The van der Waals surface area contributed by atoms with Crippen molar-refractivity contribution in [1.82, 2.24) is 0 Å². The fourth-order valence-electron chi connectivity index (χ4n) is 3.90. The fraction of sp³-hybridized carbons (Fsp3) is 0.875. The van der Waals surface area contributed by atoms with Gasteiger partial charge in [0, 0.05) is 0 Å². The largest absolute Gasteiger partial charge is 0.235 e. The van der Waals surface area contributed by atoms with E-state index in [9.17, 15) is 9.59 Å². The van der Waals surface area contributed by atoms with E-state index in [1.165, 1.54) is 38.5 Å². The molecule has 0 amide bonds. The summed E-state index contributed by atoms with van der Waals surface area (Å²) in [4.78, 5) is 28.5. The first kappa shape index (κ1) is 15.2. The van der Waals surface area contributed by atoms with E-state index >= 15 is 0 Å². The van der Waals surface area contributed by atoms with Crippen molar-refractivity contribution >= 4 is 12.2 Å². The highest BCUT2D eigenvalue weighted by Gasteiger charge is 2.25. The molecule has 0 bridgehead atoms. The molecule has 0 saturated heterocycles. The Hall–Kier alpha value is -1.24. The lowest BCUT2D eigenvalue weighted by Crippen LogP contribution is -2.22. The third-order valence-electron chi connectivity index (χ3n) is 4.96. The van der Waals surface area contributed by atoms with Crippen molar-refractivity contribution in [2.45, 2.75) is 76.3 Å². The maximum absolute atomic E-state index is 10.3. The van der Waals surface area contributed by atoms with Crippen LogP contribution in [0.25, 0.3) is 0 Å². The Bertz CT molecular complexity index is 359. The number of nitrogens with zero attached hydrogens (tertiary/aromatic N) is 2. The molecule has 2 saturated carbocycles.